The zero-order valence-corrected chi connectivity index (χ0v) is 10.6. The van der Waals surface area contributed by atoms with Crippen LogP contribution in [0.25, 0.3) is 5.70 Å². The van der Waals surface area contributed by atoms with Crippen LogP contribution in [0.15, 0.2) is 29.3 Å². The molecule has 0 fully saturated rings. The maximum atomic E-state index is 11.7. The number of carbonyl (C=O) groups is 1. The van der Waals surface area contributed by atoms with Gasteiger partial charge in [0, 0.05) is 16.6 Å². The molecule has 0 saturated heterocycles. The Morgan fingerprint density at radius 1 is 1.50 bits per heavy atom. The number of hydrogen-bond acceptors (Lipinski definition) is 2. The van der Waals surface area contributed by atoms with Gasteiger partial charge in [-0.1, -0.05) is 29.4 Å². The highest BCUT2D eigenvalue weighted by molar-refractivity contribution is 9.10. The Kier molecular flexibility index (Phi) is 3.01. The number of nitrogens with zero attached hydrogens (tertiary/aromatic N) is 1. The van der Waals surface area contributed by atoms with Crippen molar-refractivity contribution in [2.24, 2.45) is 0 Å². The molecule has 1 amide bonds. The minimum Gasteiger partial charge on any atom is -0.409 e. The molecule has 0 N–H and O–H groups in total. The summed E-state index contributed by atoms with van der Waals surface area (Å²) < 4.78 is 6.17. The predicted octanol–water partition coefficient (Wildman–Crippen LogP) is 3.64. The van der Waals surface area contributed by atoms with E-state index in [9.17, 15) is 4.79 Å². The average Bonchev–Trinajstić information content (AvgIpc) is 2.26. The van der Waals surface area contributed by atoms with Crippen molar-refractivity contribution in [3.8, 4) is 5.75 Å². The van der Waals surface area contributed by atoms with Crippen LogP contribution in [0.1, 0.15) is 18.9 Å². The summed E-state index contributed by atoms with van der Waals surface area (Å²) in [5.41, 5.74) is 1.57. The van der Waals surface area contributed by atoms with Crippen molar-refractivity contribution < 1.29 is 9.53 Å². The van der Waals surface area contributed by atoms with Gasteiger partial charge in [0.05, 0.1) is 5.70 Å². The largest absolute Gasteiger partial charge is 0.419 e. The van der Waals surface area contributed by atoms with E-state index < -0.39 is 0 Å². The van der Waals surface area contributed by atoms with Crippen molar-refractivity contribution in [3.05, 3.63) is 34.8 Å². The number of carbonyl (C=O) groups excluding carboxylic acids is 1. The van der Waals surface area contributed by atoms with Crippen molar-refractivity contribution >= 4 is 27.7 Å². The van der Waals surface area contributed by atoms with Gasteiger partial charge >= 0.3 is 6.09 Å². The van der Waals surface area contributed by atoms with Gasteiger partial charge in [-0.3, -0.25) is 4.90 Å². The molecule has 0 aliphatic carbocycles. The summed E-state index contributed by atoms with van der Waals surface area (Å²) in [6.45, 7) is 6.59. The summed E-state index contributed by atoms with van der Waals surface area (Å²) >= 11 is 3.39. The molecule has 1 aromatic carbocycles. The van der Waals surface area contributed by atoms with Gasteiger partial charge in [-0.05, 0) is 24.6 Å². The van der Waals surface area contributed by atoms with Crippen LogP contribution in [0.2, 0.25) is 0 Å². The maximum Gasteiger partial charge on any atom is 0.419 e. The van der Waals surface area contributed by atoms with Crippen molar-refractivity contribution in [2.45, 2.75) is 13.3 Å². The van der Waals surface area contributed by atoms with Gasteiger partial charge in [-0.2, -0.15) is 0 Å². The summed E-state index contributed by atoms with van der Waals surface area (Å²) in [5.74, 6) is 0.575. The van der Waals surface area contributed by atoms with Crippen LogP contribution in [-0.4, -0.2) is 17.5 Å². The third kappa shape index (κ3) is 1.85. The fraction of sp³-hybridized carbons (Fsp3) is 0.250. The van der Waals surface area contributed by atoms with Gasteiger partial charge in [0.2, 0.25) is 0 Å². The monoisotopic (exact) mass is 281 g/mol. The lowest BCUT2D eigenvalue weighted by Crippen LogP contribution is -2.36. The molecule has 4 heteroatoms. The maximum absolute atomic E-state index is 11.7. The van der Waals surface area contributed by atoms with E-state index in [1.165, 1.54) is 0 Å². The number of hydrogen-bond donors (Lipinski definition) is 0. The molecule has 84 valence electrons. The van der Waals surface area contributed by atoms with Gasteiger partial charge < -0.3 is 4.74 Å². The number of fused-ring (bicyclic) bond motifs is 1. The first kappa shape index (κ1) is 11.2. The molecule has 0 aromatic heterocycles. The molecular weight excluding hydrogens is 270 g/mol. The summed E-state index contributed by atoms with van der Waals surface area (Å²) in [5, 5.41) is 0. The number of halogens is 1. The average molecular weight is 282 g/mol. The molecule has 1 aliphatic heterocycles. The second-order valence-electron chi connectivity index (χ2n) is 3.61. The van der Waals surface area contributed by atoms with Gasteiger partial charge in [-0.25, -0.2) is 4.79 Å². The molecule has 1 heterocycles. The second kappa shape index (κ2) is 4.29. The zero-order chi connectivity index (χ0) is 11.7. The number of benzene rings is 1. The molecule has 16 heavy (non-hydrogen) atoms. The number of rotatable bonds is 2. The molecule has 0 unspecified atom stereocenters. The second-order valence-corrected chi connectivity index (χ2v) is 4.52. The molecule has 0 spiro atoms. The molecule has 1 aromatic rings. The normalized spacial score (nSPS) is 14.8. The van der Waals surface area contributed by atoms with Crippen LogP contribution < -0.4 is 4.74 Å². The first-order chi connectivity index (χ1) is 7.63. The molecule has 3 nitrogen and oxygen atoms in total. The third-order valence-electron chi connectivity index (χ3n) is 2.44. The molecule has 0 saturated carbocycles. The highest BCUT2D eigenvalue weighted by Gasteiger charge is 2.27. The molecule has 1 aliphatic rings. The van der Waals surface area contributed by atoms with Gasteiger partial charge in [0.15, 0.2) is 0 Å². The molecule has 0 radical (unpaired) electrons. The standard InChI is InChI=1S/C12H12BrNO2/c1-3-6-14-8(2)10-7-9(13)4-5-11(10)16-12(14)15/h4-5,7H,2-3,6H2,1H3. The summed E-state index contributed by atoms with van der Waals surface area (Å²) in [6.07, 6.45) is 0.527. The highest BCUT2D eigenvalue weighted by Crippen LogP contribution is 2.34. The zero-order valence-electron chi connectivity index (χ0n) is 9.00. The van der Waals surface area contributed by atoms with Crippen LogP contribution >= 0.6 is 15.9 Å². The van der Waals surface area contributed by atoms with Gasteiger partial charge in [0.25, 0.3) is 0 Å². The third-order valence-corrected chi connectivity index (χ3v) is 2.94. The fourth-order valence-corrected chi connectivity index (χ4v) is 2.03. The summed E-state index contributed by atoms with van der Waals surface area (Å²) in [7, 11) is 0. The smallest absolute Gasteiger partial charge is 0.409 e. The predicted molar refractivity (Wildman–Crippen MR) is 66.2 cm³/mol. The molecular formula is C12H12BrNO2. The van der Waals surface area contributed by atoms with E-state index >= 15 is 0 Å². The highest BCUT2D eigenvalue weighted by atomic mass is 79.9. The topological polar surface area (TPSA) is 29.5 Å². The minimum absolute atomic E-state index is 0.346. The first-order valence-corrected chi connectivity index (χ1v) is 5.91. The number of amides is 1. The van der Waals surface area contributed by atoms with Crippen LogP contribution in [0.3, 0.4) is 0 Å². The van der Waals surface area contributed by atoms with E-state index in [1.807, 2.05) is 19.1 Å². The summed E-state index contributed by atoms with van der Waals surface area (Å²) in [4.78, 5) is 13.2. The Morgan fingerprint density at radius 3 is 2.94 bits per heavy atom. The Balaban J connectivity index is 2.42. The lowest BCUT2D eigenvalue weighted by molar-refractivity contribution is 0.168. The fourth-order valence-electron chi connectivity index (χ4n) is 1.67. The molecule has 0 bridgehead atoms. The van der Waals surface area contributed by atoms with Gasteiger partial charge in [-0.15, -0.1) is 0 Å². The molecule has 0 atom stereocenters. The van der Waals surface area contributed by atoms with E-state index in [2.05, 4.69) is 22.5 Å². The SMILES string of the molecule is C=C1c2cc(Br)ccc2OC(=O)N1CCC. The van der Waals surface area contributed by atoms with E-state index in [-0.39, 0.29) is 6.09 Å². The van der Waals surface area contributed by atoms with Crippen molar-refractivity contribution in [3.63, 3.8) is 0 Å². The van der Waals surface area contributed by atoms with E-state index in [0.29, 0.717) is 18.0 Å². The van der Waals surface area contributed by atoms with Gasteiger partial charge in [0.1, 0.15) is 5.75 Å². The Morgan fingerprint density at radius 2 is 2.25 bits per heavy atom. The van der Waals surface area contributed by atoms with Crippen LogP contribution in [0.5, 0.6) is 5.75 Å². The lowest BCUT2D eigenvalue weighted by Gasteiger charge is -2.29. The van der Waals surface area contributed by atoms with Crippen LogP contribution in [0, 0.1) is 0 Å². The van der Waals surface area contributed by atoms with E-state index in [4.69, 9.17) is 4.74 Å². The van der Waals surface area contributed by atoms with Crippen LogP contribution in [0.4, 0.5) is 4.79 Å². The Labute approximate surface area is 103 Å². The Bertz CT molecular complexity index is 456. The number of ether oxygens (including phenoxy) is 1. The first-order valence-electron chi connectivity index (χ1n) is 5.11. The summed E-state index contributed by atoms with van der Waals surface area (Å²) in [6, 6.07) is 5.52. The quantitative estimate of drug-likeness (QED) is 0.828. The van der Waals surface area contributed by atoms with Crippen molar-refractivity contribution in [2.75, 3.05) is 6.54 Å². The minimum atomic E-state index is -0.346. The van der Waals surface area contributed by atoms with E-state index in [0.717, 1.165) is 16.5 Å². The van der Waals surface area contributed by atoms with Crippen molar-refractivity contribution in [1.29, 1.82) is 0 Å². The van der Waals surface area contributed by atoms with Crippen LogP contribution in [-0.2, 0) is 0 Å². The van der Waals surface area contributed by atoms with Crippen molar-refractivity contribution in [1.82, 2.24) is 4.90 Å². The molecule has 2 rings (SSSR count). The lowest BCUT2D eigenvalue weighted by atomic mass is 10.1. The van der Waals surface area contributed by atoms with E-state index in [1.54, 1.807) is 11.0 Å². The Hall–Kier alpha value is -1.29.